The van der Waals surface area contributed by atoms with Gasteiger partial charge < -0.3 is 10.6 Å². The van der Waals surface area contributed by atoms with Crippen molar-refractivity contribution in [3.05, 3.63) is 23.9 Å². The smallest absolute Gasteiger partial charge is 0.132 e. The van der Waals surface area contributed by atoms with Gasteiger partial charge >= 0.3 is 0 Å². The van der Waals surface area contributed by atoms with Crippen molar-refractivity contribution in [3.63, 3.8) is 0 Å². The maximum atomic E-state index is 5.64. The van der Waals surface area contributed by atoms with Gasteiger partial charge in [0.2, 0.25) is 0 Å². The highest BCUT2D eigenvalue weighted by atomic mass is 32.2. The van der Waals surface area contributed by atoms with Crippen LogP contribution in [-0.4, -0.2) is 35.6 Å². The first-order chi connectivity index (χ1) is 7.83. The van der Waals surface area contributed by atoms with Crippen molar-refractivity contribution in [1.82, 2.24) is 4.98 Å². The van der Waals surface area contributed by atoms with E-state index in [1.165, 1.54) is 17.1 Å². The van der Waals surface area contributed by atoms with E-state index < -0.39 is 0 Å². The molecule has 1 saturated heterocycles. The molecule has 2 heterocycles. The van der Waals surface area contributed by atoms with E-state index in [0.717, 1.165) is 18.8 Å². The van der Waals surface area contributed by atoms with E-state index in [-0.39, 0.29) is 0 Å². The van der Waals surface area contributed by atoms with E-state index >= 15 is 0 Å². The predicted octanol–water partition coefficient (Wildman–Crippen LogP) is 1.52. The van der Waals surface area contributed by atoms with E-state index in [4.69, 9.17) is 5.73 Å². The van der Waals surface area contributed by atoms with E-state index in [2.05, 4.69) is 22.9 Å². The maximum absolute atomic E-state index is 5.64. The molecule has 1 aromatic rings. The van der Waals surface area contributed by atoms with Gasteiger partial charge in [-0.2, -0.15) is 11.8 Å². The lowest BCUT2D eigenvalue weighted by Crippen LogP contribution is -2.41. The highest BCUT2D eigenvalue weighted by Crippen LogP contribution is 2.25. The van der Waals surface area contributed by atoms with Crippen molar-refractivity contribution in [3.8, 4) is 0 Å². The molecule has 0 bridgehead atoms. The molecule has 1 fully saturated rings. The second-order valence-corrected chi connectivity index (χ2v) is 5.29. The molecule has 2 N–H and O–H groups in total. The third kappa shape index (κ3) is 2.50. The minimum absolute atomic E-state index is 0.574. The van der Waals surface area contributed by atoms with Crippen molar-refractivity contribution in [2.45, 2.75) is 19.4 Å². The van der Waals surface area contributed by atoms with E-state index in [0.29, 0.717) is 12.6 Å². The number of nitrogens with zero attached hydrogens (tertiary/aromatic N) is 2. The molecule has 3 nitrogen and oxygen atoms in total. The summed E-state index contributed by atoms with van der Waals surface area (Å²) in [6, 6.07) is 4.71. The molecular formula is C12H19N3S. The highest BCUT2D eigenvalue weighted by Gasteiger charge is 2.21. The lowest BCUT2D eigenvalue weighted by molar-refractivity contribution is 0.684. The Balaban J connectivity index is 2.23. The normalized spacial score (nSPS) is 21.1. The fraction of sp³-hybridized carbons (Fsp3) is 0.583. The standard InChI is InChI=1S/C12H19N3S/c1-10-9-16-8-7-15(10)12-11(4-5-13)3-2-6-14-12/h2-3,6,10H,4-5,7-9,13H2,1H3. The van der Waals surface area contributed by atoms with Gasteiger partial charge in [-0.15, -0.1) is 0 Å². The Morgan fingerprint density at radius 3 is 3.25 bits per heavy atom. The molecule has 1 aromatic heterocycles. The molecule has 1 atom stereocenters. The third-order valence-electron chi connectivity index (χ3n) is 2.92. The zero-order chi connectivity index (χ0) is 11.4. The van der Waals surface area contributed by atoms with Crippen LogP contribution in [-0.2, 0) is 6.42 Å². The van der Waals surface area contributed by atoms with Gasteiger partial charge in [-0.25, -0.2) is 4.98 Å². The van der Waals surface area contributed by atoms with Crippen LogP contribution in [0.4, 0.5) is 5.82 Å². The minimum atomic E-state index is 0.574. The summed E-state index contributed by atoms with van der Waals surface area (Å²) >= 11 is 2.03. The zero-order valence-electron chi connectivity index (χ0n) is 9.72. The molecular weight excluding hydrogens is 218 g/mol. The second kappa shape index (κ2) is 5.55. The lowest BCUT2D eigenvalue weighted by atomic mass is 10.1. The average molecular weight is 237 g/mol. The molecule has 4 heteroatoms. The zero-order valence-corrected chi connectivity index (χ0v) is 10.5. The van der Waals surface area contributed by atoms with E-state index in [1.54, 1.807) is 0 Å². The monoisotopic (exact) mass is 237 g/mol. The van der Waals surface area contributed by atoms with Gasteiger partial charge in [0.15, 0.2) is 0 Å². The van der Waals surface area contributed by atoms with Gasteiger partial charge in [0.05, 0.1) is 0 Å². The molecule has 1 aliphatic heterocycles. The van der Waals surface area contributed by atoms with Gasteiger partial charge in [-0.3, -0.25) is 0 Å². The summed E-state index contributed by atoms with van der Waals surface area (Å²) in [5.74, 6) is 3.53. The Labute approximate surface area is 101 Å². The van der Waals surface area contributed by atoms with Crippen LogP contribution in [0.3, 0.4) is 0 Å². The van der Waals surface area contributed by atoms with Crippen molar-refractivity contribution in [2.75, 3.05) is 29.5 Å². The molecule has 0 radical (unpaired) electrons. The molecule has 0 aromatic carbocycles. The first-order valence-corrected chi connectivity index (χ1v) is 6.96. The van der Waals surface area contributed by atoms with Crippen LogP contribution in [0.2, 0.25) is 0 Å². The first kappa shape index (κ1) is 11.7. The van der Waals surface area contributed by atoms with Gasteiger partial charge in [0, 0.05) is 30.3 Å². The van der Waals surface area contributed by atoms with Gasteiger partial charge in [-0.1, -0.05) is 6.07 Å². The van der Waals surface area contributed by atoms with Crippen LogP contribution >= 0.6 is 11.8 Å². The third-order valence-corrected chi connectivity index (χ3v) is 4.11. The number of nitrogens with two attached hydrogens (primary N) is 1. The molecule has 1 aliphatic rings. The quantitative estimate of drug-likeness (QED) is 0.865. The van der Waals surface area contributed by atoms with Crippen molar-refractivity contribution >= 4 is 17.6 Å². The van der Waals surface area contributed by atoms with Crippen LogP contribution in [0.1, 0.15) is 12.5 Å². The number of thioether (sulfide) groups is 1. The lowest BCUT2D eigenvalue weighted by Gasteiger charge is -2.35. The Morgan fingerprint density at radius 1 is 1.62 bits per heavy atom. The van der Waals surface area contributed by atoms with Gasteiger partial charge in [0.1, 0.15) is 5.82 Å². The van der Waals surface area contributed by atoms with Crippen LogP contribution in [0.5, 0.6) is 0 Å². The van der Waals surface area contributed by atoms with Crippen molar-refractivity contribution in [1.29, 1.82) is 0 Å². The molecule has 1 unspecified atom stereocenters. The van der Waals surface area contributed by atoms with Crippen LogP contribution in [0, 0.1) is 0 Å². The van der Waals surface area contributed by atoms with E-state index in [9.17, 15) is 0 Å². The summed E-state index contributed by atoms with van der Waals surface area (Å²) in [4.78, 5) is 6.95. The Morgan fingerprint density at radius 2 is 2.50 bits per heavy atom. The van der Waals surface area contributed by atoms with Gasteiger partial charge in [0.25, 0.3) is 0 Å². The van der Waals surface area contributed by atoms with Crippen LogP contribution in [0.15, 0.2) is 18.3 Å². The summed E-state index contributed by atoms with van der Waals surface area (Å²) in [5, 5.41) is 0. The SMILES string of the molecule is CC1CSCCN1c1ncccc1CCN. The highest BCUT2D eigenvalue weighted by molar-refractivity contribution is 7.99. The molecule has 0 aliphatic carbocycles. The van der Waals surface area contributed by atoms with Gasteiger partial charge in [-0.05, 0) is 31.5 Å². The fourth-order valence-corrected chi connectivity index (χ4v) is 3.09. The summed E-state index contributed by atoms with van der Waals surface area (Å²) in [7, 11) is 0. The summed E-state index contributed by atoms with van der Waals surface area (Å²) in [6.45, 7) is 4.06. The number of pyridine rings is 1. The Kier molecular flexibility index (Phi) is 4.07. The number of hydrogen-bond donors (Lipinski definition) is 1. The number of rotatable bonds is 3. The molecule has 2 rings (SSSR count). The molecule has 0 spiro atoms. The molecule has 16 heavy (non-hydrogen) atoms. The fourth-order valence-electron chi connectivity index (χ4n) is 2.08. The summed E-state index contributed by atoms with van der Waals surface area (Å²) in [5.41, 5.74) is 6.92. The minimum Gasteiger partial charge on any atom is -0.352 e. The van der Waals surface area contributed by atoms with Crippen molar-refractivity contribution < 1.29 is 0 Å². The van der Waals surface area contributed by atoms with Crippen LogP contribution < -0.4 is 10.6 Å². The number of anilines is 1. The second-order valence-electron chi connectivity index (χ2n) is 4.14. The van der Waals surface area contributed by atoms with Crippen molar-refractivity contribution in [2.24, 2.45) is 5.73 Å². The number of hydrogen-bond acceptors (Lipinski definition) is 4. The maximum Gasteiger partial charge on any atom is 0.132 e. The topological polar surface area (TPSA) is 42.2 Å². The first-order valence-electron chi connectivity index (χ1n) is 5.81. The molecule has 88 valence electrons. The largest absolute Gasteiger partial charge is 0.352 e. The Hall–Kier alpha value is -0.740. The number of aromatic nitrogens is 1. The summed E-state index contributed by atoms with van der Waals surface area (Å²) < 4.78 is 0. The Bertz CT molecular complexity index is 343. The van der Waals surface area contributed by atoms with Crippen LogP contribution in [0.25, 0.3) is 0 Å². The van der Waals surface area contributed by atoms with E-state index in [1.807, 2.05) is 24.0 Å². The average Bonchev–Trinajstić information content (AvgIpc) is 2.31. The molecule has 0 amide bonds. The summed E-state index contributed by atoms with van der Waals surface area (Å²) in [6.07, 6.45) is 2.79. The predicted molar refractivity (Wildman–Crippen MR) is 71.1 cm³/mol. The molecule has 0 saturated carbocycles.